The third kappa shape index (κ3) is 6.31. The summed E-state index contributed by atoms with van der Waals surface area (Å²) in [6.07, 6.45) is 0.342. The van der Waals surface area contributed by atoms with Gasteiger partial charge in [0.25, 0.3) is 0 Å². The molecule has 1 aromatic carbocycles. The van der Waals surface area contributed by atoms with Gasteiger partial charge < -0.3 is 16.2 Å². The number of carbonyl (C=O) groups excluding carboxylic acids is 2. The van der Waals surface area contributed by atoms with Crippen LogP contribution >= 0.6 is 11.8 Å². The van der Waals surface area contributed by atoms with Crippen LogP contribution in [0.25, 0.3) is 0 Å². The number of nitrogens with two attached hydrogens (primary N) is 1. The smallest absolute Gasteiger partial charge is 0.326 e. The first-order chi connectivity index (χ1) is 9.90. The van der Waals surface area contributed by atoms with Gasteiger partial charge in [0.15, 0.2) is 0 Å². The van der Waals surface area contributed by atoms with Crippen LogP contribution in [0.15, 0.2) is 24.3 Å². The number of rotatable bonds is 8. The molecule has 1 unspecified atom stereocenters. The van der Waals surface area contributed by atoms with E-state index in [0.717, 1.165) is 5.56 Å². The maximum Gasteiger partial charge on any atom is 0.326 e. The van der Waals surface area contributed by atoms with E-state index < -0.39 is 17.9 Å². The van der Waals surface area contributed by atoms with Crippen molar-refractivity contribution < 1.29 is 19.5 Å². The van der Waals surface area contributed by atoms with E-state index in [9.17, 15) is 14.4 Å². The van der Waals surface area contributed by atoms with E-state index in [-0.39, 0.29) is 5.91 Å². The van der Waals surface area contributed by atoms with Gasteiger partial charge in [-0.25, -0.2) is 4.79 Å². The molecule has 0 saturated carbocycles. The van der Waals surface area contributed by atoms with Gasteiger partial charge in [0.2, 0.25) is 11.8 Å². The second-order valence-corrected chi connectivity index (χ2v) is 5.60. The standard InChI is InChI=1S/C14H18N2O4S/c1-9(17)16-12(14(19)20)5-6-21-8-10-3-2-4-11(7-10)13(15)18/h2-4,7,12H,5-6,8H2,1H3,(H2,15,18)(H,16,17)(H,19,20). The molecule has 21 heavy (non-hydrogen) atoms. The minimum atomic E-state index is -1.04. The zero-order valence-corrected chi connectivity index (χ0v) is 12.5. The second-order valence-electron chi connectivity index (χ2n) is 4.50. The van der Waals surface area contributed by atoms with Crippen molar-refractivity contribution in [2.24, 2.45) is 5.73 Å². The van der Waals surface area contributed by atoms with Crippen molar-refractivity contribution >= 4 is 29.5 Å². The fourth-order valence-corrected chi connectivity index (χ4v) is 2.67. The van der Waals surface area contributed by atoms with Crippen molar-refractivity contribution in [3.8, 4) is 0 Å². The highest BCUT2D eigenvalue weighted by molar-refractivity contribution is 7.98. The molecule has 0 aromatic heterocycles. The maximum absolute atomic E-state index is 11.1. The Hall–Kier alpha value is -2.02. The number of thioether (sulfide) groups is 1. The van der Waals surface area contributed by atoms with E-state index in [1.165, 1.54) is 18.7 Å². The van der Waals surface area contributed by atoms with Crippen LogP contribution in [0.3, 0.4) is 0 Å². The van der Waals surface area contributed by atoms with Gasteiger partial charge in [-0.05, 0) is 29.9 Å². The summed E-state index contributed by atoms with van der Waals surface area (Å²) >= 11 is 1.53. The number of carbonyl (C=O) groups is 3. The van der Waals surface area contributed by atoms with Crippen molar-refractivity contribution in [1.29, 1.82) is 0 Å². The van der Waals surface area contributed by atoms with E-state index in [1.54, 1.807) is 18.2 Å². The first-order valence-corrected chi connectivity index (χ1v) is 7.52. The number of hydrogen-bond acceptors (Lipinski definition) is 4. The Morgan fingerprint density at radius 2 is 2.10 bits per heavy atom. The molecule has 0 radical (unpaired) electrons. The van der Waals surface area contributed by atoms with Gasteiger partial charge in [-0.1, -0.05) is 12.1 Å². The molecule has 1 atom stereocenters. The van der Waals surface area contributed by atoms with Crippen LogP contribution in [0.4, 0.5) is 0 Å². The normalized spacial score (nSPS) is 11.7. The zero-order chi connectivity index (χ0) is 15.8. The lowest BCUT2D eigenvalue weighted by atomic mass is 10.1. The van der Waals surface area contributed by atoms with Gasteiger partial charge >= 0.3 is 5.97 Å². The monoisotopic (exact) mass is 310 g/mol. The molecule has 0 aliphatic rings. The number of amides is 2. The molecule has 0 spiro atoms. The molecule has 4 N–H and O–H groups in total. The molecule has 0 bridgehead atoms. The highest BCUT2D eigenvalue weighted by Gasteiger charge is 2.17. The Balaban J connectivity index is 2.42. The summed E-state index contributed by atoms with van der Waals surface area (Å²) in [4.78, 5) is 32.9. The Morgan fingerprint density at radius 3 is 2.67 bits per heavy atom. The number of benzene rings is 1. The van der Waals surface area contributed by atoms with Crippen molar-refractivity contribution in [2.75, 3.05) is 5.75 Å². The van der Waals surface area contributed by atoms with Crippen LogP contribution < -0.4 is 11.1 Å². The Labute approximate surface area is 127 Å². The molecular weight excluding hydrogens is 292 g/mol. The van der Waals surface area contributed by atoms with Crippen molar-refractivity contribution in [2.45, 2.75) is 25.1 Å². The fourth-order valence-electron chi connectivity index (χ4n) is 1.71. The van der Waals surface area contributed by atoms with Crippen LogP contribution in [0.1, 0.15) is 29.3 Å². The predicted octanol–water partition coefficient (Wildman–Crippen LogP) is 0.998. The third-order valence-corrected chi connectivity index (χ3v) is 3.77. The minimum absolute atomic E-state index is 0.342. The van der Waals surface area contributed by atoms with Crippen molar-refractivity contribution in [3.63, 3.8) is 0 Å². The third-order valence-electron chi connectivity index (χ3n) is 2.71. The molecule has 1 aromatic rings. The average Bonchev–Trinajstić information content (AvgIpc) is 2.41. The van der Waals surface area contributed by atoms with Crippen LogP contribution in [0.5, 0.6) is 0 Å². The molecule has 0 heterocycles. The van der Waals surface area contributed by atoms with E-state index in [2.05, 4.69) is 5.32 Å². The fraction of sp³-hybridized carbons (Fsp3) is 0.357. The van der Waals surface area contributed by atoms with Crippen LogP contribution in [-0.2, 0) is 15.3 Å². The lowest BCUT2D eigenvalue weighted by molar-refractivity contribution is -0.141. The predicted molar refractivity (Wildman–Crippen MR) is 81.0 cm³/mol. The molecule has 0 saturated heterocycles. The van der Waals surface area contributed by atoms with E-state index in [0.29, 0.717) is 23.5 Å². The van der Waals surface area contributed by atoms with Gasteiger partial charge in [0.1, 0.15) is 6.04 Å². The number of carboxylic acids is 1. The SMILES string of the molecule is CC(=O)NC(CCSCc1cccc(C(N)=O)c1)C(=O)O. The molecule has 1 rings (SSSR count). The van der Waals surface area contributed by atoms with Gasteiger partial charge in [-0.15, -0.1) is 0 Å². The first kappa shape index (κ1) is 17.0. The quantitative estimate of drug-likeness (QED) is 0.620. The van der Waals surface area contributed by atoms with Gasteiger partial charge in [-0.2, -0.15) is 11.8 Å². The second kappa shape index (κ2) is 8.31. The summed E-state index contributed by atoms with van der Waals surface area (Å²) in [5.41, 5.74) is 6.61. The van der Waals surface area contributed by atoms with Gasteiger partial charge in [0.05, 0.1) is 0 Å². The van der Waals surface area contributed by atoms with Crippen LogP contribution in [0, 0.1) is 0 Å². The highest BCUT2D eigenvalue weighted by atomic mass is 32.2. The van der Waals surface area contributed by atoms with E-state index >= 15 is 0 Å². The maximum atomic E-state index is 11.1. The Morgan fingerprint density at radius 1 is 1.38 bits per heavy atom. The average molecular weight is 310 g/mol. The Kier molecular flexibility index (Phi) is 6.74. The van der Waals surface area contributed by atoms with Gasteiger partial charge in [-0.3, -0.25) is 9.59 Å². The van der Waals surface area contributed by atoms with Crippen LogP contribution in [-0.4, -0.2) is 34.7 Å². The molecule has 7 heteroatoms. The summed E-state index contributed by atoms with van der Waals surface area (Å²) in [6, 6.07) is 6.13. The van der Waals surface area contributed by atoms with E-state index in [1.807, 2.05) is 6.07 Å². The number of nitrogens with one attached hydrogen (secondary N) is 1. The van der Waals surface area contributed by atoms with Crippen molar-refractivity contribution in [3.05, 3.63) is 35.4 Å². The lowest BCUT2D eigenvalue weighted by Crippen LogP contribution is -2.39. The summed E-state index contributed by atoms with van der Waals surface area (Å²) in [7, 11) is 0. The van der Waals surface area contributed by atoms with Crippen molar-refractivity contribution in [1.82, 2.24) is 5.32 Å². The molecular formula is C14H18N2O4S. The minimum Gasteiger partial charge on any atom is -0.480 e. The number of hydrogen-bond donors (Lipinski definition) is 3. The first-order valence-electron chi connectivity index (χ1n) is 6.36. The molecule has 6 nitrogen and oxygen atoms in total. The van der Waals surface area contributed by atoms with Crippen LogP contribution in [0.2, 0.25) is 0 Å². The zero-order valence-electron chi connectivity index (χ0n) is 11.7. The molecule has 0 aliphatic carbocycles. The number of aliphatic carboxylic acids is 1. The highest BCUT2D eigenvalue weighted by Crippen LogP contribution is 2.15. The number of carboxylic acid groups (broad SMARTS) is 1. The molecule has 114 valence electrons. The number of primary amides is 1. The van der Waals surface area contributed by atoms with E-state index in [4.69, 9.17) is 10.8 Å². The summed E-state index contributed by atoms with van der Waals surface area (Å²) in [6.45, 7) is 1.29. The molecule has 0 aliphatic heterocycles. The largest absolute Gasteiger partial charge is 0.480 e. The summed E-state index contributed by atoms with van der Waals surface area (Å²) < 4.78 is 0. The topological polar surface area (TPSA) is 109 Å². The summed E-state index contributed by atoms with van der Waals surface area (Å²) in [5, 5.41) is 11.3. The summed E-state index contributed by atoms with van der Waals surface area (Å²) in [5.74, 6) is -0.646. The Bertz CT molecular complexity index is 533. The lowest BCUT2D eigenvalue weighted by Gasteiger charge is -2.12. The molecule has 2 amide bonds. The molecule has 0 fully saturated rings. The van der Waals surface area contributed by atoms with Gasteiger partial charge in [0, 0.05) is 18.2 Å².